The van der Waals surface area contributed by atoms with Crippen LogP contribution in [0.5, 0.6) is 0 Å². The van der Waals surface area contributed by atoms with Gasteiger partial charge in [-0.1, -0.05) is 52.2 Å². The Morgan fingerprint density at radius 2 is 1.53 bits per heavy atom. The van der Waals surface area contributed by atoms with Gasteiger partial charge in [0.2, 0.25) is 0 Å². The lowest BCUT2D eigenvalue weighted by Crippen LogP contribution is -2.49. The molecule has 0 amide bonds. The molecule has 0 aliphatic carbocycles. The number of unbranched alkanes of at least 4 members (excludes halogenated alkanes) is 2. The summed E-state index contributed by atoms with van der Waals surface area (Å²) in [7, 11) is -1.32. The van der Waals surface area contributed by atoms with Crippen molar-refractivity contribution in [1.82, 2.24) is 4.98 Å². The standard InChI is InChI=1S/C13H29NSi/c1-5-9-12-15(8-4,13-10-6-2)14-11-7-3/h8,14H,4-7,9-13H2,1-3H3. The molecule has 0 aromatic heterocycles. The quantitative estimate of drug-likeness (QED) is 0.550. The van der Waals surface area contributed by atoms with Gasteiger partial charge in [-0.25, -0.2) is 0 Å². The van der Waals surface area contributed by atoms with E-state index in [1.54, 1.807) is 0 Å². The molecule has 0 fully saturated rings. The Labute approximate surface area is 97.4 Å². The number of rotatable bonds is 10. The molecule has 15 heavy (non-hydrogen) atoms. The lowest BCUT2D eigenvalue weighted by Gasteiger charge is -2.29. The maximum absolute atomic E-state index is 4.09. The molecule has 90 valence electrons. The average molecular weight is 227 g/mol. The van der Waals surface area contributed by atoms with Gasteiger partial charge in [0.15, 0.2) is 0 Å². The molecule has 0 saturated carbocycles. The molecule has 0 radical (unpaired) electrons. The zero-order valence-electron chi connectivity index (χ0n) is 10.9. The summed E-state index contributed by atoms with van der Waals surface area (Å²) in [5.74, 6) is 0. The van der Waals surface area contributed by atoms with E-state index in [4.69, 9.17) is 0 Å². The highest BCUT2D eigenvalue weighted by molar-refractivity contribution is 6.82. The Kier molecular flexibility index (Phi) is 9.11. The van der Waals surface area contributed by atoms with Crippen molar-refractivity contribution in [3.8, 4) is 0 Å². The summed E-state index contributed by atoms with van der Waals surface area (Å²) in [6.45, 7) is 12.1. The maximum atomic E-state index is 4.09. The molecule has 0 rings (SSSR count). The molecule has 0 heterocycles. The van der Waals surface area contributed by atoms with Crippen LogP contribution in [-0.2, 0) is 0 Å². The fourth-order valence-corrected chi connectivity index (χ4v) is 5.81. The van der Waals surface area contributed by atoms with Gasteiger partial charge in [0, 0.05) is 0 Å². The van der Waals surface area contributed by atoms with Crippen molar-refractivity contribution in [2.75, 3.05) is 6.54 Å². The molecular weight excluding hydrogens is 198 g/mol. The van der Waals surface area contributed by atoms with Gasteiger partial charge in [-0.3, -0.25) is 0 Å². The van der Waals surface area contributed by atoms with Crippen LogP contribution in [0.4, 0.5) is 0 Å². The van der Waals surface area contributed by atoms with Gasteiger partial charge in [0.1, 0.15) is 8.24 Å². The van der Waals surface area contributed by atoms with E-state index in [1.165, 1.54) is 50.7 Å². The highest BCUT2D eigenvalue weighted by Gasteiger charge is 2.27. The summed E-state index contributed by atoms with van der Waals surface area (Å²) in [6.07, 6.45) is 6.57. The first-order valence-electron chi connectivity index (χ1n) is 6.63. The van der Waals surface area contributed by atoms with Crippen LogP contribution in [0, 0.1) is 0 Å². The topological polar surface area (TPSA) is 12.0 Å². The Bertz CT molecular complexity index is 135. The molecule has 0 aliphatic rings. The van der Waals surface area contributed by atoms with Gasteiger partial charge in [-0.2, -0.15) is 0 Å². The third kappa shape index (κ3) is 6.16. The summed E-state index contributed by atoms with van der Waals surface area (Å²) in [5, 5.41) is 0. The van der Waals surface area contributed by atoms with E-state index >= 15 is 0 Å². The fourth-order valence-electron chi connectivity index (χ4n) is 1.94. The summed E-state index contributed by atoms with van der Waals surface area (Å²) < 4.78 is 0. The highest BCUT2D eigenvalue weighted by Crippen LogP contribution is 2.20. The summed E-state index contributed by atoms with van der Waals surface area (Å²) >= 11 is 0. The van der Waals surface area contributed by atoms with Crippen LogP contribution in [0.15, 0.2) is 12.3 Å². The predicted octanol–water partition coefficient (Wildman–Crippen LogP) is 4.26. The van der Waals surface area contributed by atoms with Gasteiger partial charge in [0.05, 0.1) is 0 Å². The second kappa shape index (κ2) is 9.17. The first-order valence-corrected chi connectivity index (χ1v) is 9.12. The van der Waals surface area contributed by atoms with Crippen LogP contribution >= 0.6 is 0 Å². The second-order valence-corrected chi connectivity index (χ2v) is 8.57. The average Bonchev–Trinajstić information content (AvgIpc) is 2.29. The molecule has 0 aliphatic heterocycles. The first kappa shape index (κ1) is 14.9. The second-order valence-electron chi connectivity index (χ2n) is 4.49. The van der Waals surface area contributed by atoms with E-state index in [9.17, 15) is 0 Å². The molecular formula is C13H29NSi. The van der Waals surface area contributed by atoms with Crippen molar-refractivity contribution >= 4 is 8.24 Å². The van der Waals surface area contributed by atoms with Crippen LogP contribution in [0.3, 0.4) is 0 Å². The van der Waals surface area contributed by atoms with E-state index in [1.807, 2.05) is 0 Å². The molecule has 0 saturated heterocycles. The van der Waals surface area contributed by atoms with E-state index < -0.39 is 8.24 Å². The normalized spacial score (nSPS) is 11.7. The van der Waals surface area contributed by atoms with E-state index in [0.29, 0.717) is 0 Å². The molecule has 0 bridgehead atoms. The first-order chi connectivity index (χ1) is 7.24. The number of nitrogens with one attached hydrogen (secondary N) is 1. The minimum Gasteiger partial charge on any atom is -0.334 e. The Balaban J connectivity index is 4.23. The molecule has 1 N–H and O–H groups in total. The van der Waals surface area contributed by atoms with Crippen LogP contribution in [0.1, 0.15) is 52.9 Å². The Morgan fingerprint density at radius 1 is 1.00 bits per heavy atom. The molecule has 0 unspecified atom stereocenters. The maximum Gasteiger partial charge on any atom is 0.149 e. The largest absolute Gasteiger partial charge is 0.334 e. The van der Waals surface area contributed by atoms with Crippen LogP contribution < -0.4 is 4.98 Å². The van der Waals surface area contributed by atoms with Gasteiger partial charge in [-0.15, -0.1) is 6.58 Å². The van der Waals surface area contributed by atoms with Crippen molar-refractivity contribution in [2.45, 2.75) is 65.0 Å². The van der Waals surface area contributed by atoms with Crippen molar-refractivity contribution < 1.29 is 0 Å². The molecule has 1 nitrogen and oxygen atoms in total. The van der Waals surface area contributed by atoms with Crippen LogP contribution in [0.2, 0.25) is 12.1 Å². The molecule has 2 heteroatoms. The van der Waals surface area contributed by atoms with Crippen molar-refractivity contribution in [3.05, 3.63) is 12.3 Å². The minimum absolute atomic E-state index is 1.17. The van der Waals surface area contributed by atoms with Crippen molar-refractivity contribution in [3.63, 3.8) is 0 Å². The summed E-state index contributed by atoms with van der Waals surface area (Å²) in [5.41, 5.74) is 2.29. The van der Waals surface area contributed by atoms with Gasteiger partial charge < -0.3 is 4.98 Å². The Hall–Kier alpha value is -0.0831. The van der Waals surface area contributed by atoms with Crippen molar-refractivity contribution in [1.29, 1.82) is 0 Å². The predicted molar refractivity (Wildman–Crippen MR) is 73.7 cm³/mol. The van der Waals surface area contributed by atoms with Gasteiger partial charge >= 0.3 is 0 Å². The third-order valence-electron chi connectivity index (χ3n) is 3.07. The minimum atomic E-state index is -1.32. The van der Waals surface area contributed by atoms with Crippen LogP contribution in [-0.4, -0.2) is 14.8 Å². The monoisotopic (exact) mass is 227 g/mol. The van der Waals surface area contributed by atoms with Crippen molar-refractivity contribution in [2.24, 2.45) is 0 Å². The van der Waals surface area contributed by atoms with Gasteiger partial charge in [0.25, 0.3) is 0 Å². The van der Waals surface area contributed by atoms with Crippen LogP contribution in [0.25, 0.3) is 0 Å². The van der Waals surface area contributed by atoms with Gasteiger partial charge in [-0.05, 0) is 25.1 Å². The lowest BCUT2D eigenvalue weighted by atomic mass is 10.4. The third-order valence-corrected chi connectivity index (χ3v) is 7.30. The highest BCUT2D eigenvalue weighted by atomic mass is 28.3. The summed E-state index contributed by atoms with van der Waals surface area (Å²) in [4.78, 5) is 3.82. The number of hydrogen-bond donors (Lipinski definition) is 1. The smallest absolute Gasteiger partial charge is 0.149 e. The zero-order chi connectivity index (χ0) is 11.6. The van der Waals surface area contributed by atoms with E-state index in [2.05, 4.69) is 38.0 Å². The molecule has 0 spiro atoms. The zero-order valence-corrected chi connectivity index (χ0v) is 11.9. The SMILES string of the molecule is C=C[Si](CCCC)(CCCC)NCCC. The summed E-state index contributed by atoms with van der Waals surface area (Å²) in [6, 6.07) is 2.76. The molecule has 0 atom stereocenters. The molecule has 0 aromatic carbocycles. The fraction of sp³-hybridized carbons (Fsp3) is 0.846. The lowest BCUT2D eigenvalue weighted by molar-refractivity contribution is 0.772. The molecule has 0 aromatic rings. The number of hydrogen-bond acceptors (Lipinski definition) is 1. The Morgan fingerprint density at radius 3 is 1.87 bits per heavy atom. The van der Waals surface area contributed by atoms with E-state index in [-0.39, 0.29) is 0 Å². The van der Waals surface area contributed by atoms with E-state index in [0.717, 1.165) is 0 Å².